The molecular weight excluding hydrogens is 390 g/mol. The van der Waals surface area contributed by atoms with Crippen LogP contribution in [-0.4, -0.2) is 0 Å². The number of nitrogens with one attached hydrogen (secondary N) is 1. The topological polar surface area (TPSA) is 25.2 Å². The first-order valence-electron chi connectivity index (χ1n) is 10.9. The molecule has 5 rings (SSSR count). The fourth-order valence-corrected chi connectivity index (χ4v) is 4.15. The van der Waals surface area contributed by atoms with Gasteiger partial charge in [0.2, 0.25) is 0 Å². The van der Waals surface area contributed by atoms with Crippen LogP contribution in [0.5, 0.6) is 0 Å². The predicted molar refractivity (Wildman–Crippen MR) is 136 cm³/mol. The van der Waals surface area contributed by atoms with E-state index in [0.717, 1.165) is 39.2 Å². The summed E-state index contributed by atoms with van der Waals surface area (Å²) in [5, 5.41) is 4.75. The van der Waals surface area contributed by atoms with Crippen LogP contribution in [-0.2, 0) is 0 Å². The van der Waals surface area contributed by atoms with Gasteiger partial charge in [0.05, 0.1) is 0 Å². The number of fused-ring (bicyclic) bond motifs is 1. The average Bonchev–Trinajstić information content (AvgIpc) is 3.16. The second kappa shape index (κ2) is 8.60. The molecule has 2 nitrogen and oxygen atoms in total. The molecule has 0 amide bonds. The number of rotatable bonds is 5. The van der Waals surface area contributed by atoms with E-state index in [1.165, 1.54) is 16.7 Å². The van der Waals surface area contributed by atoms with Crippen LogP contribution in [0.2, 0.25) is 0 Å². The molecular formula is C30H25NO. The van der Waals surface area contributed by atoms with Crippen molar-refractivity contribution >= 4 is 28.4 Å². The van der Waals surface area contributed by atoms with E-state index in [9.17, 15) is 0 Å². The Bertz CT molecular complexity index is 1390. The van der Waals surface area contributed by atoms with Crippen LogP contribution in [0, 0.1) is 6.92 Å². The Kier molecular flexibility index (Phi) is 5.35. The Morgan fingerprint density at radius 1 is 0.688 bits per heavy atom. The lowest BCUT2D eigenvalue weighted by atomic mass is 10.0. The second-order valence-corrected chi connectivity index (χ2v) is 7.89. The third-order valence-corrected chi connectivity index (χ3v) is 5.81. The average molecular weight is 416 g/mol. The van der Waals surface area contributed by atoms with Gasteiger partial charge < -0.3 is 9.73 Å². The van der Waals surface area contributed by atoms with Crippen LogP contribution in [0.1, 0.15) is 18.2 Å². The lowest BCUT2D eigenvalue weighted by Crippen LogP contribution is -1.93. The first-order chi connectivity index (χ1) is 15.7. The normalized spacial score (nSPS) is 11.3. The summed E-state index contributed by atoms with van der Waals surface area (Å²) in [6.45, 7) is 4.12. The number of benzene rings is 4. The fraction of sp³-hybridized carbons (Fsp3) is 0.0667. The Labute approximate surface area is 188 Å². The van der Waals surface area contributed by atoms with Gasteiger partial charge in [-0.3, -0.25) is 0 Å². The number of hydrogen-bond donors (Lipinski definition) is 1. The van der Waals surface area contributed by atoms with Gasteiger partial charge in [-0.05, 0) is 49.2 Å². The highest BCUT2D eigenvalue weighted by Crippen LogP contribution is 2.35. The molecule has 2 heteroatoms. The Hall–Kier alpha value is -4.04. The summed E-state index contributed by atoms with van der Waals surface area (Å²) in [5.41, 5.74) is 8.88. The molecule has 32 heavy (non-hydrogen) atoms. The Balaban J connectivity index is 1.47. The van der Waals surface area contributed by atoms with E-state index >= 15 is 0 Å². The number of aryl methyl sites for hydroxylation is 1. The van der Waals surface area contributed by atoms with Gasteiger partial charge in [-0.2, -0.15) is 0 Å². The molecule has 0 fully saturated rings. The van der Waals surface area contributed by atoms with Crippen molar-refractivity contribution < 1.29 is 4.42 Å². The molecule has 1 aromatic heterocycles. The van der Waals surface area contributed by atoms with E-state index in [1.807, 2.05) is 25.1 Å². The van der Waals surface area contributed by atoms with Crippen molar-refractivity contribution in [1.29, 1.82) is 0 Å². The van der Waals surface area contributed by atoms with Gasteiger partial charge in [-0.25, -0.2) is 0 Å². The zero-order chi connectivity index (χ0) is 21.9. The fourth-order valence-electron chi connectivity index (χ4n) is 4.15. The lowest BCUT2D eigenvalue weighted by Gasteiger charge is -2.13. The zero-order valence-electron chi connectivity index (χ0n) is 18.3. The van der Waals surface area contributed by atoms with Gasteiger partial charge in [0.15, 0.2) is 0 Å². The standard InChI is InChI=1S/C30H25NO/c1-3-10-29-21(2)25-14-9-15-27(30(25)32-29)23-17-19-24(20-18-23)31-28-16-8-7-13-26(28)22-11-5-4-6-12-22/h3-20,31H,1-2H3/b10-3-. The lowest BCUT2D eigenvalue weighted by molar-refractivity contribution is 0.602. The molecule has 0 atom stereocenters. The molecule has 156 valence electrons. The number of allylic oxidation sites excluding steroid dienone is 1. The van der Waals surface area contributed by atoms with E-state index in [-0.39, 0.29) is 0 Å². The summed E-state index contributed by atoms with van der Waals surface area (Å²) >= 11 is 0. The van der Waals surface area contributed by atoms with Gasteiger partial charge in [-0.1, -0.05) is 84.9 Å². The maximum atomic E-state index is 6.21. The van der Waals surface area contributed by atoms with E-state index in [1.54, 1.807) is 0 Å². The number of furan rings is 1. The van der Waals surface area contributed by atoms with Crippen LogP contribution >= 0.6 is 0 Å². The van der Waals surface area contributed by atoms with Crippen molar-refractivity contribution in [2.45, 2.75) is 13.8 Å². The first-order valence-corrected chi connectivity index (χ1v) is 10.9. The van der Waals surface area contributed by atoms with Crippen molar-refractivity contribution in [2.75, 3.05) is 5.32 Å². The van der Waals surface area contributed by atoms with Crippen LogP contribution in [0.3, 0.4) is 0 Å². The van der Waals surface area contributed by atoms with Crippen molar-refractivity contribution in [3.63, 3.8) is 0 Å². The molecule has 0 unspecified atom stereocenters. The molecule has 0 spiro atoms. The maximum Gasteiger partial charge on any atom is 0.142 e. The van der Waals surface area contributed by atoms with Crippen molar-refractivity contribution in [2.24, 2.45) is 0 Å². The van der Waals surface area contributed by atoms with E-state index in [2.05, 4.69) is 103 Å². The molecule has 1 heterocycles. The molecule has 0 aliphatic carbocycles. The Morgan fingerprint density at radius 2 is 1.38 bits per heavy atom. The van der Waals surface area contributed by atoms with Gasteiger partial charge in [0, 0.05) is 33.5 Å². The van der Waals surface area contributed by atoms with Gasteiger partial charge >= 0.3 is 0 Å². The molecule has 0 bridgehead atoms. The van der Waals surface area contributed by atoms with E-state index in [4.69, 9.17) is 4.42 Å². The molecule has 1 N–H and O–H groups in total. The maximum absolute atomic E-state index is 6.21. The minimum absolute atomic E-state index is 0.922. The largest absolute Gasteiger partial charge is 0.456 e. The minimum atomic E-state index is 0.922. The van der Waals surface area contributed by atoms with Crippen LogP contribution < -0.4 is 5.32 Å². The summed E-state index contributed by atoms with van der Waals surface area (Å²) in [7, 11) is 0. The molecule has 0 saturated heterocycles. The van der Waals surface area contributed by atoms with Gasteiger partial charge in [-0.15, -0.1) is 0 Å². The summed E-state index contributed by atoms with van der Waals surface area (Å²) in [6.07, 6.45) is 4.04. The Morgan fingerprint density at radius 3 is 2.16 bits per heavy atom. The quantitative estimate of drug-likeness (QED) is 0.310. The summed E-state index contributed by atoms with van der Waals surface area (Å²) in [4.78, 5) is 0. The number of anilines is 2. The monoisotopic (exact) mass is 415 g/mol. The molecule has 0 aliphatic rings. The van der Waals surface area contributed by atoms with Gasteiger partial charge in [0.25, 0.3) is 0 Å². The molecule has 5 aromatic rings. The highest BCUT2D eigenvalue weighted by Gasteiger charge is 2.13. The van der Waals surface area contributed by atoms with Crippen LogP contribution in [0.25, 0.3) is 39.3 Å². The zero-order valence-corrected chi connectivity index (χ0v) is 18.3. The van der Waals surface area contributed by atoms with Gasteiger partial charge in [0.1, 0.15) is 11.3 Å². The van der Waals surface area contributed by atoms with Crippen LogP contribution in [0.15, 0.2) is 108 Å². The molecule has 0 aliphatic heterocycles. The van der Waals surface area contributed by atoms with Crippen molar-refractivity contribution in [3.8, 4) is 22.3 Å². The summed E-state index contributed by atoms with van der Waals surface area (Å²) in [6, 6.07) is 33.7. The molecule has 0 radical (unpaired) electrons. The number of para-hydroxylation sites is 2. The van der Waals surface area contributed by atoms with E-state index in [0.29, 0.717) is 0 Å². The van der Waals surface area contributed by atoms with Crippen molar-refractivity contribution in [3.05, 3.63) is 114 Å². The number of hydrogen-bond acceptors (Lipinski definition) is 2. The SMILES string of the molecule is C/C=C\c1oc2c(-c3ccc(Nc4ccccc4-c4ccccc4)cc3)cccc2c1C. The summed E-state index contributed by atoms with van der Waals surface area (Å²) in [5.74, 6) is 0.922. The first kappa shape index (κ1) is 19.9. The minimum Gasteiger partial charge on any atom is -0.456 e. The third kappa shape index (κ3) is 3.72. The molecule has 4 aromatic carbocycles. The molecule has 0 saturated carbocycles. The van der Waals surface area contributed by atoms with E-state index < -0.39 is 0 Å². The third-order valence-electron chi connectivity index (χ3n) is 5.81. The highest BCUT2D eigenvalue weighted by molar-refractivity contribution is 5.96. The summed E-state index contributed by atoms with van der Waals surface area (Å²) < 4.78 is 6.21. The van der Waals surface area contributed by atoms with Crippen molar-refractivity contribution in [1.82, 2.24) is 0 Å². The highest BCUT2D eigenvalue weighted by atomic mass is 16.3. The predicted octanol–water partition coefficient (Wildman–Crippen LogP) is 8.85. The van der Waals surface area contributed by atoms with Crippen LogP contribution in [0.4, 0.5) is 11.4 Å². The smallest absolute Gasteiger partial charge is 0.142 e. The second-order valence-electron chi connectivity index (χ2n) is 7.89.